The molecule has 0 spiro atoms. The standard InChI is InChI=1S/C15H17NO2S/c1-10-12(14(17)18-15(2,3)4)19-13(16-10)11-8-6-5-7-9-11/h5-9H,1-4H3. The van der Waals surface area contributed by atoms with Gasteiger partial charge >= 0.3 is 5.97 Å². The molecule has 100 valence electrons. The number of carbonyl (C=O) groups excluding carboxylic acids is 1. The van der Waals surface area contributed by atoms with Gasteiger partial charge < -0.3 is 4.74 Å². The summed E-state index contributed by atoms with van der Waals surface area (Å²) in [5.41, 5.74) is 1.25. The molecule has 0 atom stereocenters. The highest BCUT2D eigenvalue weighted by Gasteiger charge is 2.22. The van der Waals surface area contributed by atoms with Gasteiger partial charge in [0.15, 0.2) is 0 Å². The Hall–Kier alpha value is -1.68. The average molecular weight is 275 g/mol. The van der Waals surface area contributed by atoms with Crippen LogP contribution in [0.4, 0.5) is 0 Å². The van der Waals surface area contributed by atoms with E-state index in [1.165, 1.54) is 11.3 Å². The van der Waals surface area contributed by atoms with Crippen LogP contribution < -0.4 is 0 Å². The predicted molar refractivity (Wildman–Crippen MR) is 77.5 cm³/mol. The topological polar surface area (TPSA) is 39.2 Å². The van der Waals surface area contributed by atoms with Gasteiger partial charge in [0, 0.05) is 5.56 Å². The lowest BCUT2D eigenvalue weighted by Crippen LogP contribution is -2.23. The van der Waals surface area contributed by atoms with Gasteiger partial charge in [-0.25, -0.2) is 9.78 Å². The van der Waals surface area contributed by atoms with Gasteiger partial charge in [-0.3, -0.25) is 0 Å². The van der Waals surface area contributed by atoms with Crippen LogP contribution in [0.15, 0.2) is 30.3 Å². The second kappa shape index (κ2) is 5.13. The van der Waals surface area contributed by atoms with Crippen molar-refractivity contribution in [2.45, 2.75) is 33.3 Å². The van der Waals surface area contributed by atoms with Gasteiger partial charge in [0.05, 0.1) is 5.69 Å². The van der Waals surface area contributed by atoms with Gasteiger partial charge in [-0.1, -0.05) is 30.3 Å². The van der Waals surface area contributed by atoms with Crippen LogP contribution in [-0.2, 0) is 4.74 Å². The summed E-state index contributed by atoms with van der Waals surface area (Å²) in [7, 11) is 0. The van der Waals surface area contributed by atoms with Crippen molar-refractivity contribution in [3.05, 3.63) is 40.9 Å². The molecule has 1 heterocycles. The fourth-order valence-electron chi connectivity index (χ4n) is 1.61. The third-order valence-corrected chi connectivity index (χ3v) is 3.59. The molecule has 19 heavy (non-hydrogen) atoms. The number of hydrogen-bond acceptors (Lipinski definition) is 4. The predicted octanol–water partition coefficient (Wildman–Crippen LogP) is 4.07. The average Bonchev–Trinajstić information content (AvgIpc) is 2.70. The van der Waals surface area contributed by atoms with E-state index in [4.69, 9.17) is 4.74 Å². The second-order valence-corrected chi connectivity index (χ2v) is 6.30. The maximum Gasteiger partial charge on any atom is 0.350 e. The van der Waals surface area contributed by atoms with Gasteiger partial charge in [-0.05, 0) is 27.7 Å². The Morgan fingerprint density at radius 2 is 1.84 bits per heavy atom. The quantitative estimate of drug-likeness (QED) is 0.775. The number of esters is 1. The highest BCUT2D eigenvalue weighted by Crippen LogP contribution is 2.29. The van der Waals surface area contributed by atoms with E-state index in [1.54, 1.807) is 0 Å². The molecule has 0 fully saturated rings. The lowest BCUT2D eigenvalue weighted by Gasteiger charge is -2.18. The molecule has 0 unspecified atom stereocenters. The summed E-state index contributed by atoms with van der Waals surface area (Å²) in [4.78, 5) is 17.1. The number of nitrogens with zero attached hydrogens (tertiary/aromatic N) is 1. The number of aromatic nitrogens is 1. The van der Waals surface area contributed by atoms with Crippen LogP contribution in [0.1, 0.15) is 36.1 Å². The maximum absolute atomic E-state index is 12.1. The van der Waals surface area contributed by atoms with Gasteiger partial charge in [-0.15, -0.1) is 11.3 Å². The van der Waals surface area contributed by atoms with Gasteiger partial charge in [0.2, 0.25) is 0 Å². The first-order valence-electron chi connectivity index (χ1n) is 6.13. The van der Waals surface area contributed by atoms with Crippen molar-refractivity contribution in [1.82, 2.24) is 4.98 Å². The second-order valence-electron chi connectivity index (χ2n) is 5.30. The molecule has 3 nitrogen and oxygen atoms in total. The molecule has 1 aromatic heterocycles. The number of aryl methyl sites for hydroxylation is 1. The van der Waals surface area contributed by atoms with Crippen molar-refractivity contribution in [3.63, 3.8) is 0 Å². The number of thiazole rings is 1. The molecule has 0 saturated carbocycles. The van der Waals surface area contributed by atoms with Gasteiger partial charge in [0.1, 0.15) is 15.5 Å². The monoisotopic (exact) mass is 275 g/mol. The SMILES string of the molecule is Cc1nc(-c2ccccc2)sc1C(=O)OC(C)(C)C. The lowest BCUT2D eigenvalue weighted by molar-refractivity contribution is 0.00742. The molecule has 2 aromatic rings. The van der Waals surface area contributed by atoms with Crippen molar-refractivity contribution in [2.75, 3.05) is 0 Å². The maximum atomic E-state index is 12.1. The Kier molecular flexibility index (Phi) is 3.71. The highest BCUT2D eigenvalue weighted by molar-refractivity contribution is 7.17. The molecule has 2 rings (SSSR count). The fourth-order valence-corrected chi connectivity index (χ4v) is 2.56. The van der Waals surface area contributed by atoms with Crippen molar-refractivity contribution < 1.29 is 9.53 Å². The molecular formula is C15H17NO2S. The molecule has 0 aliphatic heterocycles. The zero-order chi connectivity index (χ0) is 14.0. The normalized spacial score (nSPS) is 11.4. The number of ether oxygens (including phenoxy) is 1. The molecular weight excluding hydrogens is 258 g/mol. The van der Waals surface area contributed by atoms with Crippen molar-refractivity contribution >= 4 is 17.3 Å². The molecule has 0 amide bonds. The van der Waals surface area contributed by atoms with E-state index in [2.05, 4.69) is 4.98 Å². The van der Waals surface area contributed by atoms with Crippen LogP contribution in [0, 0.1) is 6.92 Å². The fraction of sp³-hybridized carbons (Fsp3) is 0.333. The molecule has 1 aromatic carbocycles. The third-order valence-electron chi connectivity index (χ3n) is 2.40. The van der Waals surface area contributed by atoms with Crippen molar-refractivity contribution in [3.8, 4) is 10.6 Å². The number of carbonyl (C=O) groups is 1. The minimum atomic E-state index is -0.486. The van der Waals surface area contributed by atoms with E-state index >= 15 is 0 Å². The molecule has 0 radical (unpaired) electrons. The lowest BCUT2D eigenvalue weighted by atomic mass is 10.2. The van der Waals surface area contributed by atoms with E-state index in [-0.39, 0.29) is 5.97 Å². The smallest absolute Gasteiger partial charge is 0.350 e. The largest absolute Gasteiger partial charge is 0.456 e. The summed E-state index contributed by atoms with van der Waals surface area (Å²) in [6.45, 7) is 7.42. The molecule has 0 aliphatic carbocycles. The molecule has 4 heteroatoms. The summed E-state index contributed by atoms with van der Waals surface area (Å²) >= 11 is 1.38. The van der Waals surface area contributed by atoms with Crippen molar-refractivity contribution in [2.24, 2.45) is 0 Å². The minimum absolute atomic E-state index is 0.301. The Bertz CT molecular complexity index is 582. The van der Waals surface area contributed by atoms with Crippen LogP contribution in [0.2, 0.25) is 0 Å². The van der Waals surface area contributed by atoms with E-state index in [0.717, 1.165) is 16.3 Å². The summed E-state index contributed by atoms with van der Waals surface area (Å²) in [6, 6.07) is 9.84. The summed E-state index contributed by atoms with van der Waals surface area (Å²) < 4.78 is 5.39. The van der Waals surface area contributed by atoms with Gasteiger partial charge in [0.25, 0.3) is 0 Å². The van der Waals surface area contributed by atoms with E-state index in [1.807, 2.05) is 58.0 Å². The van der Waals surface area contributed by atoms with Gasteiger partial charge in [-0.2, -0.15) is 0 Å². The Labute approximate surface area is 117 Å². The van der Waals surface area contributed by atoms with E-state index in [0.29, 0.717) is 4.88 Å². The van der Waals surface area contributed by atoms with Crippen LogP contribution in [0.25, 0.3) is 10.6 Å². The van der Waals surface area contributed by atoms with Crippen LogP contribution in [-0.4, -0.2) is 16.6 Å². The Morgan fingerprint density at radius 3 is 2.42 bits per heavy atom. The summed E-state index contributed by atoms with van der Waals surface area (Å²) in [6.07, 6.45) is 0. The Morgan fingerprint density at radius 1 is 1.21 bits per heavy atom. The molecule has 0 aliphatic rings. The van der Waals surface area contributed by atoms with Crippen molar-refractivity contribution in [1.29, 1.82) is 0 Å². The molecule has 0 N–H and O–H groups in total. The first-order chi connectivity index (χ1) is 8.87. The van der Waals surface area contributed by atoms with E-state index < -0.39 is 5.60 Å². The van der Waals surface area contributed by atoms with Crippen LogP contribution in [0.3, 0.4) is 0 Å². The third kappa shape index (κ3) is 3.41. The Balaban J connectivity index is 2.30. The molecule has 0 bridgehead atoms. The summed E-state index contributed by atoms with van der Waals surface area (Å²) in [5, 5.41) is 0.846. The van der Waals surface area contributed by atoms with Crippen LogP contribution >= 0.6 is 11.3 Å². The highest BCUT2D eigenvalue weighted by atomic mass is 32.1. The number of rotatable bonds is 2. The zero-order valence-electron chi connectivity index (χ0n) is 11.6. The first-order valence-corrected chi connectivity index (χ1v) is 6.95. The molecule has 0 saturated heterocycles. The first kappa shape index (κ1) is 13.7. The van der Waals surface area contributed by atoms with E-state index in [9.17, 15) is 4.79 Å². The number of benzene rings is 1. The minimum Gasteiger partial charge on any atom is -0.456 e. The zero-order valence-corrected chi connectivity index (χ0v) is 12.4. The summed E-state index contributed by atoms with van der Waals surface area (Å²) in [5.74, 6) is -0.301. The van der Waals surface area contributed by atoms with Crippen LogP contribution in [0.5, 0.6) is 0 Å². The number of hydrogen-bond donors (Lipinski definition) is 0.